The summed E-state index contributed by atoms with van der Waals surface area (Å²) in [6.45, 7) is 7.03. The lowest BCUT2D eigenvalue weighted by Crippen LogP contribution is -2.18. The number of thiazole rings is 1. The molecule has 0 saturated carbocycles. The topological polar surface area (TPSA) is 54.0 Å². The second kappa shape index (κ2) is 6.60. The van der Waals surface area contributed by atoms with Crippen molar-refractivity contribution in [2.24, 2.45) is 0 Å². The monoisotopic (exact) mass is 241 g/mol. The Morgan fingerprint density at radius 1 is 1.56 bits per heavy atom. The van der Waals surface area contributed by atoms with Crippen LogP contribution >= 0.6 is 11.3 Å². The van der Waals surface area contributed by atoms with Crippen molar-refractivity contribution in [1.82, 2.24) is 10.3 Å². The van der Waals surface area contributed by atoms with Crippen LogP contribution in [0.4, 0.5) is 5.13 Å². The SMILES string of the molecule is CCCC(=O)Nc1nc(C(C)NCC)cs1. The molecule has 16 heavy (non-hydrogen) atoms. The van der Waals surface area contributed by atoms with E-state index in [1.54, 1.807) is 0 Å². The molecule has 1 unspecified atom stereocenters. The quantitative estimate of drug-likeness (QED) is 0.804. The van der Waals surface area contributed by atoms with Gasteiger partial charge in [-0.1, -0.05) is 13.8 Å². The third-order valence-corrected chi connectivity index (χ3v) is 2.98. The maximum Gasteiger partial charge on any atom is 0.226 e. The molecule has 0 fully saturated rings. The van der Waals surface area contributed by atoms with Crippen LogP contribution < -0.4 is 10.6 Å². The Bertz CT molecular complexity index is 338. The average Bonchev–Trinajstić information content (AvgIpc) is 2.67. The van der Waals surface area contributed by atoms with Crippen LogP contribution in [0.3, 0.4) is 0 Å². The Labute approximate surface area is 100 Å². The zero-order valence-corrected chi connectivity index (χ0v) is 10.9. The van der Waals surface area contributed by atoms with E-state index in [9.17, 15) is 4.79 Å². The van der Waals surface area contributed by atoms with E-state index in [0.29, 0.717) is 11.6 Å². The molecule has 0 radical (unpaired) electrons. The predicted octanol–water partition coefficient (Wildman–Crippen LogP) is 2.55. The first-order valence-electron chi connectivity index (χ1n) is 5.66. The second-order valence-corrected chi connectivity index (χ2v) is 4.51. The molecule has 1 aromatic rings. The first kappa shape index (κ1) is 13.1. The lowest BCUT2D eigenvalue weighted by molar-refractivity contribution is -0.116. The minimum atomic E-state index is 0.0412. The summed E-state index contributed by atoms with van der Waals surface area (Å²) in [5.74, 6) is 0.0412. The zero-order valence-electron chi connectivity index (χ0n) is 10.0. The van der Waals surface area contributed by atoms with Gasteiger partial charge in [0.1, 0.15) is 0 Å². The smallest absolute Gasteiger partial charge is 0.226 e. The number of hydrogen-bond donors (Lipinski definition) is 2. The van der Waals surface area contributed by atoms with Crippen LogP contribution in [0, 0.1) is 0 Å². The molecule has 1 rings (SSSR count). The number of hydrogen-bond acceptors (Lipinski definition) is 4. The van der Waals surface area contributed by atoms with E-state index < -0.39 is 0 Å². The molecule has 2 N–H and O–H groups in total. The van der Waals surface area contributed by atoms with Gasteiger partial charge in [-0.25, -0.2) is 4.98 Å². The highest BCUT2D eigenvalue weighted by Crippen LogP contribution is 2.20. The molecule has 1 aromatic heterocycles. The van der Waals surface area contributed by atoms with Crippen molar-refractivity contribution in [3.63, 3.8) is 0 Å². The summed E-state index contributed by atoms with van der Waals surface area (Å²) >= 11 is 1.47. The fourth-order valence-corrected chi connectivity index (χ4v) is 2.18. The van der Waals surface area contributed by atoms with E-state index in [1.165, 1.54) is 11.3 Å². The molecule has 1 atom stereocenters. The van der Waals surface area contributed by atoms with Crippen LogP contribution in [0.5, 0.6) is 0 Å². The van der Waals surface area contributed by atoms with Gasteiger partial charge in [0.2, 0.25) is 5.91 Å². The highest BCUT2D eigenvalue weighted by molar-refractivity contribution is 7.13. The van der Waals surface area contributed by atoms with Gasteiger partial charge in [-0.2, -0.15) is 0 Å². The third kappa shape index (κ3) is 3.90. The average molecular weight is 241 g/mol. The minimum Gasteiger partial charge on any atom is -0.309 e. The summed E-state index contributed by atoms with van der Waals surface area (Å²) in [5, 5.41) is 8.76. The lowest BCUT2D eigenvalue weighted by atomic mass is 10.3. The number of nitrogens with zero attached hydrogens (tertiary/aromatic N) is 1. The first-order valence-corrected chi connectivity index (χ1v) is 6.54. The molecular formula is C11H19N3OS. The van der Waals surface area contributed by atoms with Crippen molar-refractivity contribution >= 4 is 22.4 Å². The van der Waals surface area contributed by atoms with Crippen molar-refractivity contribution in [1.29, 1.82) is 0 Å². The van der Waals surface area contributed by atoms with Gasteiger partial charge in [-0.3, -0.25) is 4.79 Å². The lowest BCUT2D eigenvalue weighted by Gasteiger charge is -2.08. The summed E-state index contributed by atoms with van der Waals surface area (Å²) in [6.07, 6.45) is 1.41. The number of rotatable bonds is 6. The van der Waals surface area contributed by atoms with Gasteiger partial charge in [0.05, 0.1) is 5.69 Å². The molecule has 1 heterocycles. The van der Waals surface area contributed by atoms with Crippen molar-refractivity contribution in [2.45, 2.75) is 39.7 Å². The highest BCUT2D eigenvalue weighted by atomic mass is 32.1. The molecule has 0 aromatic carbocycles. The Morgan fingerprint density at radius 3 is 2.94 bits per heavy atom. The summed E-state index contributed by atoms with van der Waals surface area (Å²) in [4.78, 5) is 15.7. The number of anilines is 1. The third-order valence-electron chi connectivity index (χ3n) is 2.20. The molecule has 5 heteroatoms. The molecule has 0 spiro atoms. The standard InChI is InChI=1S/C11H19N3OS/c1-4-6-10(15)14-11-13-9(7-16-11)8(3)12-5-2/h7-8,12H,4-6H2,1-3H3,(H,13,14,15). The second-order valence-electron chi connectivity index (χ2n) is 3.66. The van der Waals surface area contributed by atoms with Gasteiger partial charge in [0, 0.05) is 17.8 Å². The Morgan fingerprint density at radius 2 is 2.31 bits per heavy atom. The maximum absolute atomic E-state index is 11.4. The number of carbonyl (C=O) groups is 1. The van der Waals surface area contributed by atoms with Crippen molar-refractivity contribution in [3.8, 4) is 0 Å². The van der Waals surface area contributed by atoms with Crippen LogP contribution in [0.15, 0.2) is 5.38 Å². The molecule has 0 saturated heterocycles. The maximum atomic E-state index is 11.4. The molecule has 90 valence electrons. The van der Waals surface area contributed by atoms with Gasteiger partial charge < -0.3 is 10.6 Å². The van der Waals surface area contributed by atoms with Gasteiger partial charge >= 0.3 is 0 Å². The summed E-state index contributed by atoms with van der Waals surface area (Å²) in [5.41, 5.74) is 0.985. The van der Waals surface area contributed by atoms with Crippen LogP contribution in [-0.4, -0.2) is 17.4 Å². The minimum absolute atomic E-state index is 0.0412. The molecular weight excluding hydrogens is 222 g/mol. The van der Waals surface area contributed by atoms with Crippen LogP contribution in [-0.2, 0) is 4.79 Å². The van der Waals surface area contributed by atoms with E-state index >= 15 is 0 Å². The number of amides is 1. The Hall–Kier alpha value is -0.940. The normalized spacial score (nSPS) is 12.4. The van der Waals surface area contributed by atoms with E-state index in [2.05, 4.69) is 29.5 Å². The van der Waals surface area contributed by atoms with Crippen LogP contribution in [0.25, 0.3) is 0 Å². The zero-order chi connectivity index (χ0) is 12.0. The van der Waals surface area contributed by atoms with Crippen LogP contribution in [0.2, 0.25) is 0 Å². The predicted molar refractivity (Wildman–Crippen MR) is 67.7 cm³/mol. The Balaban J connectivity index is 2.54. The van der Waals surface area contributed by atoms with Crippen LogP contribution in [0.1, 0.15) is 45.3 Å². The van der Waals surface area contributed by atoms with E-state index in [-0.39, 0.29) is 11.9 Å². The fraction of sp³-hybridized carbons (Fsp3) is 0.636. The summed E-state index contributed by atoms with van der Waals surface area (Å²) < 4.78 is 0. The number of aromatic nitrogens is 1. The van der Waals surface area contributed by atoms with Gasteiger partial charge in [0.15, 0.2) is 5.13 Å². The molecule has 0 aliphatic rings. The molecule has 4 nitrogen and oxygen atoms in total. The van der Waals surface area contributed by atoms with Gasteiger partial charge in [0.25, 0.3) is 0 Å². The fourth-order valence-electron chi connectivity index (χ4n) is 1.36. The van der Waals surface area contributed by atoms with Gasteiger partial charge in [-0.05, 0) is 19.9 Å². The first-order chi connectivity index (χ1) is 7.67. The highest BCUT2D eigenvalue weighted by Gasteiger charge is 2.10. The molecule has 0 aliphatic carbocycles. The van der Waals surface area contributed by atoms with Crippen molar-refractivity contribution in [3.05, 3.63) is 11.1 Å². The molecule has 0 bridgehead atoms. The van der Waals surface area contributed by atoms with Gasteiger partial charge in [-0.15, -0.1) is 11.3 Å². The van der Waals surface area contributed by atoms with Crippen molar-refractivity contribution < 1.29 is 4.79 Å². The van der Waals surface area contributed by atoms with E-state index in [1.807, 2.05) is 12.3 Å². The summed E-state index contributed by atoms with van der Waals surface area (Å²) in [7, 11) is 0. The summed E-state index contributed by atoms with van der Waals surface area (Å²) in [6, 6.07) is 0.234. The number of nitrogens with one attached hydrogen (secondary N) is 2. The largest absolute Gasteiger partial charge is 0.309 e. The number of carbonyl (C=O) groups excluding carboxylic acids is 1. The van der Waals surface area contributed by atoms with Crippen molar-refractivity contribution in [2.75, 3.05) is 11.9 Å². The molecule has 1 amide bonds. The van der Waals surface area contributed by atoms with E-state index in [4.69, 9.17) is 0 Å². The Kier molecular flexibility index (Phi) is 5.42. The van der Waals surface area contributed by atoms with E-state index in [0.717, 1.165) is 18.7 Å². The molecule has 0 aliphatic heterocycles.